The number of benzene rings is 1. The molecule has 0 unspecified atom stereocenters. The second-order valence-corrected chi connectivity index (χ2v) is 7.05. The number of nitrogens with zero attached hydrogens (tertiary/aromatic N) is 4. The lowest BCUT2D eigenvalue weighted by Crippen LogP contribution is -2.49. The summed E-state index contributed by atoms with van der Waals surface area (Å²) in [6, 6.07) is 7.85. The summed E-state index contributed by atoms with van der Waals surface area (Å²) in [7, 11) is 1.66. The normalized spacial score (nSPS) is 16.9. The number of ether oxygens (including phenoxy) is 1. The van der Waals surface area contributed by atoms with E-state index in [0.717, 1.165) is 65.4 Å². The van der Waals surface area contributed by atoms with Gasteiger partial charge in [0.05, 0.1) is 29.1 Å². The highest BCUT2D eigenvalue weighted by Crippen LogP contribution is 2.33. The Morgan fingerprint density at radius 3 is 2.85 bits per heavy atom. The number of aromatic nitrogens is 5. The van der Waals surface area contributed by atoms with Crippen LogP contribution in [-0.2, 0) is 5.54 Å². The van der Waals surface area contributed by atoms with Gasteiger partial charge in [0.1, 0.15) is 29.4 Å². The van der Waals surface area contributed by atoms with E-state index < -0.39 is 5.54 Å². The fraction of sp³-hybridized carbons (Fsp3) is 0.316. The Bertz CT molecular complexity index is 1110. The Labute approximate surface area is 155 Å². The summed E-state index contributed by atoms with van der Waals surface area (Å²) in [5, 5.41) is 1.04. The predicted molar refractivity (Wildman–Crippen MR) is 104 cm³/mol. The van der Waals surface area contributed by atoms with Gasteiger partial charge in [-0.3, -0.25) is 0 Å². The van der Waals surface area contributed by atoms with Gasteiger partial charge in [-0.1, -0.05) is 0 Å². The van der Waals surface area contributed by atoms with Crippen molar-refractivity contribution in [1.82, 2.24) is 24.9 Å². The highest BCUT2D eigenvalue weighted by atomic mass is 16.5. The first-order chi connectivity index (χ1) is 13.2. The quantitative estimate of drug-likeness (QED) is 0.515. The van der Waals surface area contributed by atoms with E-state index in [1.807, 2.05) is 30.5 Å². The molecule has 0 bridgehead atoms. The van der Waals surface area contributed by atoms with Crippen LogP contribution in [0, 0.1) is 0 Å². The van der Waals surface area contributed by atoms with Gasteiger partial charge in [0.25, 0.3) is 0 Å². The second-order valence-electron chi connectivity index (χ2n) is 7.05. The van der Waals surface area contributed by atoms with Gasteiger partial charge < -0.3 is 25.3 Å². The number of anilines is 1. The smallest absolute Gasteiger partial charge is 0.142 e. The van der Waals surface area contributed by atoms with Crippen molar-refractivity contribution in [2.75, 3.05) is 25.1 Å². The van der Waals surface area contributed by atoms with Crippen LogP contribution in [-0.4, -0.2) is 45.1 Å². The number of aromatic amines is 2. The largest absolute Gasteiger partial charge is 0.497 e. The molecule has 4 heterocycles. The van der Waals surface area contributed by atoms with Crippen LogP contribution in [0.2, 0.25) is 0 Å². The van der Waals surface area contributed by atoms with Crippen LogP contribution >= 0.6 is 0 Å². The van der Waals surface area contributed by atoms with Gasteiger partial charge in [0.2, 0.25) is 0 Å². The lowest BCUT2D eigenvalue weighted by molar-refractivity contribution is 0.327. The molecule has 4 aromatic rings. The minimum atomic E-state index is -0.479. The minimum absolute atomic E-state index is 0.479. The highest BCUT2D eigenvalue weighted by molar-refractivity contribution is 5.87. The lowest BCUT2D eigenvalue weighted by atomic mass is 9.88. The van der Waals surface area contributed by atoms with Crippen molar-refractivity contribution in [3.05, 3.63) is 42.6 Å². The molecule has 5 rings (SSSR count). The average molecular weight is 363 g/mol. The molecule has 138 valence electrons. The number of nitrogens with one attached hydrogen (secondary N) is 2. The van der Waals surface area contributed by atoms with Gasteiger partial charge in [-0.25, -0.2) is 15.0 Å². The first-order valence-electron chi connectivity index (χ1n) is 9.02. The monoisotopic (exact) mass is 363 g/mol. The molecular weight excluding hydrogens is 342 g/mol. The number of hydrogen-bond donors (Lipinski definition) is 3. The number of rotatable bonds is 3. The van der Waals surface area contributed by atoms with Crippen LogP contribution < -0.4 is 15.4 Å². The van der Waals surface area contributed by atoms with Gasteiger partial charge >= 0.3 is 0 Å². The molecule has 0 amide bonds. The summed E-state index contributed by atoms with van der Waals surface area (Å²) in [6.45, 7) is 1.63. The third-order valence-electron chi connectivity index (χ3n) is 5.45. The molecule has 27 heavy (non-hydrogen) atoms. The number of methoxy groups -OCH3 is 1. The van der Waals surface area contributed by atoms with Crippen LogP contribution in [0.3, 0.4) is 0 Å². The Hall–Kier alpha value is -3.13. The molecule has 3 aromatic heterocycles. The van der Waals surface area contributed by atoms with Crippen molar-refractivity contribution in [2.24, 2.45) is 5.73 Å². The third-order valence-corrected chi connectivity index (χ3v) is 5.45. The molecule has 4 N–H and O–H groups in total. The van der Waals surface area contributed by atoms with E-state index in [1.165, 1.54) is 0 Å². The first-order valence-corrected chi connectivity index (χ1v) is 9.02. The van der Waals surface area contributed by atoms with E-state index in [9.17, 15) is 0 Å². The maximum atomic E-state index is 6.76. The molecule has 8 heteroatoms. The number of piperidine rings is 1. The fourth-order valence-electron chi connectivity index (χ4n) is 3.81. The number of imidazole rings is 1. The summed E-state index contributed by atoms with van der Waals surface area (Å²) in [5.74, 6) is 2.58. The maximum Gasteiger partial charge on any atom is 0.142 e. The van der Waals surface area contributed by atoms with Crippen molar-refractivity contribution in [3.63, 3.8) is 0 Å². The van der Waals surface area contributed by atoms with Crippen molar-refractivity contribution < 1.29 is 4.74 Å². The standard InChI is InChI=1S/C19H21N7O/c1-27-12-2-3-14-15(10-12)25-18(24-14)19(20)5-8-26(9-6-19)17-13-4-7-21-16(13)22-11-23-17/h2-4,7,10-11H,5-6,8-9,20H2,1H3,(H,24,25)(H,21,22,23). The number of H-pyrrole nitrogens is 2. The zero-order valence-electron chi connectivity index (χ0n) is 15.1. The topological polar surface area (TPSA) is 109 Å². The Balaban J connectivity index is 1.41. The molecule has 0 radical (unpaired) electrons. The summed E-state index contributed by atoms with van der Waals surface area (Å²) in [6.07, 6.45) is 5.08. The zero-order chi connectivity index (χ0) is 18.4. The van der Waals surface area contributed by atoms with Gasteiger partial charge in [0, 0.05) is 25.4 Å². The van der Waals surface area contributed by atoms with Crippen LogP contribution in [0.15, 0.2) is 36.8 Å². The summed E-state index contributed by atoms with van der Waals surface area (Å²) < 4.78 is 5.29. The first kappa shape index (κ1) is 16.1. The number of nitrogens with two attached hydrogens (primary N) is 1. The lowest BCUT2D eigenvalue weighted by Gasteiger charge is -2.38. The molecule has 1 aliphatic rings. The molecule has 8 nitrogen and oxygen atoms in total. The molecule has 1 saturated heterocycles. The minimum Gasteiger partial charge on any atom is -0.497 e. The van der Waals surface area contributed by atoms with Crippen molar-refractivity contribution in [2.45, 2.75) is 18.4 Å². The summed E-state index contributed by atoms with van der Waals surface area (Å²) in [5.41, 5.74) is 8.99. The van der Waals surface area contributed by atoms with E-state index in [2.05, 4.69) is 24.8 Å². The molecule has 0 atom stereocenters. The second kappa shape index (κ2) is 5.95. The number of hydrogen-bond acceptors (Lipinski definition) is 6. The van der Waals surface area contributed by atoms with E-state index in [4.69, 9.17) is 15.5 Å². The van der Waals surface area contributed by atoms with Crippen molar-refractivity contribution in [1.29, 1.82) is 0 Å². The van der Waals surface area contributed by atoms with Crippen LogP contribution in [0.25, 0.3) is 22.1 Å². The van der Waals surface area contributed by atoms with Crippen LogP contribution in [0.1, 0.15) is 18.7 Å². The average Bonchev–Trinajstić information content (AvgIpc) is 3.35. The molecule has 1 fully saturated rings. The van der Waals surface area contributed by atoms with E-state index in [-0.39, 0.29) is 0 Å². The fourth-order valence-corrected chi connectivity index (χ4v) is 3.81. The van der Waals surface area contributed by atoms with Gasteiger partial charge in [0.15, 0.2) is 0 Å². The Morgan fingerprint density at radius 2 is 2.04 bits per heavy atom. The predicted octanol–water partition coefficient (Wildman–Crippen LogP) is 2.30. The zero-order valence-corrected chi connectivity index (χ0v) is 15.1. The summed E-state index contributed by atoms with van der Waals surface area (Å²) >= 11 is 0. The van der Waals surface area contributed by atoms with Crippen molar-refractivity contribution in [3.8, 4) is 5.75 Å². The molecule has 1 aliphatic heterocycles. The van der Waals surface area contributed by atoms with E-state index in [0.29, 0.717) is 0 Å². The van der Waals surface area contributed by atoms with Crippen LogP contribution in [0.4, 0.5) is 5.82 Å². The summed E-state index contributed by atoms with van der Waals surface area (Å²) in [4.78, 5) is 22.3. The third kappa shape index (κ3) is 2.60. The SMILES string of the molecule is COc1ccc2[nH]c(C3(N)CCN(c4ncnc5[nH]ccc45)CC3)nc2c1. The van der Waals surface area contributed by atoms with E-state index in [1.54, 1.807) is 13.4 Å². The van der Waals surface area contributed by atoms with Gasteiger partial charge in [-0.05, 0) is 31.0 Å². The number of fused-ring (bicyclic) bond motifs is 2. The molecule has 0 saturated carbocycles. The highest BCUT2D eigenvalue weighted by Gasteiger charge is 2.36. The molecular formula is C19H21N7O. The molecule has 1 aromatic carbocycles. The molecule has 0 aliphatic carbocycles. The Morgan fingerprint density at radius 1 is 1.19 bits per heavy atom. The van der Waals surface area contributed by atoms with E-state index >= 15 is 0 Å². The van der Waals surface area contributed by atoms with Crippen LogP contribution in [0.5, 0.6) is 5.75 Å². The Kier molecular flexibility index (Phi) is 3.54. The maximum absolute atomic E-state index is 6.76. The van der Waals surface area contributed by atoms with Gasteiger partial charge in [-0.15, -0.1) is 0 Å². The molecule has 0 spiro atoms. The van der Waals surface area contributed by atoms with Crippen molar-refractivity contribution >= 4 is 27.9 Å². The van der Waals surface area contributed by atoms with Gasteiger partial charge in [-0.2, -0.15) is 0 Å².